The fourth-order valence-electron chi connectivity index (χ4n) is 2.58. The van der Waals surface area contributed by atoms with Gasteiger partial charge >= 0.3 is 0 Å². The Kier molecular flexibility index (Phi) is 10.2. The van der Waals surface area contributed by atoms with Gasteiger partial charge in [0.15, 0.2) is 5.96 Å². The first-order valence-electron chi connectivity index (χ1n) is 8.44. The van der Waals surface area contributed by atoms with E-state index in [0.717, 1.165) is 31.0 Å². The monoisotopic (exact) mass is 474 g/mol. The van der Waals surface area contributed by atoms with E-state index in [9.17, 15) is 4.39 Å². The lowest BCUT2D eigenvalue weighted by molar-refractivity contribution is 0.298. The number of aliphatic imine (C=N–C) groups is 1. The first kappa shape index (κ1) is 22.4. The Morgan fingerprint density at radius 3 is 2.58 bits per heavy atom. The Balaban J connectivity index is 0.00000338. The third-order valence-electron chi connectivity index (χ3n) is 3.98. The molecule has 0 spiro atoms. The van der Waals surface area contributed by atoms with E-state index in [4.69, 9.17) is 0 Å². The summed E-state index contributed by atoms with van der Waals surface area (Å²) in [5, 5.41) is 10.8. The van der Waals surface area contributed by atoms with E-state index >= 15 is 0 Å². The van der Waals surface area contributed by atoms with Crippen molar-refractivity contribution in [3.05, 3.63) is 54.1 Å². The minimum Gasteiger partial charge on any atom is -0.356 e. The Hall–Kier alpha value is -1.68. The van der Waals surface area contributed by atoms with Crippen LogP contribution in [0.1, 0.15) is 18.0 Å². The summed E-state index contributed by atoms with van der Waals surface area (Å²) in [6.07, 6.45) is 4.69. The summed E-state index contributed by atoms with van der Waals surface area (Å²) >= 11 is 0. The lowest BCUT2D eigenvalue weighted by atomic mass is 10.1. The molecular formula is C18H28FIN6. The third kappa shape index (κ3) is 7.28. The van der Waals surface area contributed by atoms with Gasteiger partial charge in [-0.3, -0.25) is 9.67 Å². The highest BCUT2D eigenvalue weighted by Crippen LogP contribution is 2.17. The van der Waals surface area contributed by atoms with E-state index in [0.29, 0.717) is 6.54 Å². The minimum absolute atomic E-state index is 0. The van der Waals surface area contributed by atoms with Crippen LogP contribution < -0.4 is 10.6 Å². The van der Waals surface area contributed by atoms with Crippen LogP contribution in [-0.2, 0) is 6.54 Å². The molecule has 2 rings (SSSR count). The molecule has 1 unspecified atom stereocenters. The fraction of sp³-hybridized carbons (Fsp3) is 0.444. The van der Waals surface area contributed by atoms with E-state index < -0.39 is 0 Å². The van der Waals surface area contributed by atoms with Gasteiger partial charge in [0.05, 0.1) is 6.04 Å². The second-order valence-electron chi connectivity index (χ2n) is 6.03. The van der Waals surface area contributed by atoms with Gasteiger partial charge in [-0.25, -0.2) is 4.39 Å². The summed E-state index contributed by atoms with van der Waals surface area (Å²) in [4.78, 5) is 6.36. The smallest absolute Gasteiger partial charge is 0.191 e. The number of nitrogens with zero attached hydrogens (tertiary/aromatic N) is 4. The molecular weight excluding hydrogens is 446 g/mol. The predicted octanol–water partition coefficient (Wildman–Crippen LogP) is 2.50. The average Bonchev–Trinajstić information content (AvgIpc) is 3.11. The molecule has 144 valence electrons. The molecule has 1 atom stereocenters. The SMILES string of the molecule is CN=C(NCCCn1cccn1)NCC(c1ccc(F)cc1)N(C)C.I. The van der Waals surface area contributed by atoms with Crippen LogP contribution >= 0.6 is 24.0 Å². The number of hydrogen-bond acceptors (Lipinski definition) is 3. The summed E-state index contributed by atoms with van der Waals surface area (Å²) in [5.41, 5.74) is 1.06. The van der Waals surface area contributed by atoms with Crippen molar-refractivity contribution in [2.24, 2.45) is 4.99 Å². The molecule has 1 heterocycles. The highest BCUT2D eigenvalue weighted by atomic mass is 127. The molecule has 0 aliphatic carbocycles. The maximum absolute atomic E-state index is 13.1. The molecule has 0 saturated carbocycles. The summed E-state index contributed by atoms with van der Waals surface area (Å²) in [5.74, 6) is 0.540. The van der Waals surface area contributed by atoms with E-state index in [1.807, 2.05) is 43.2 Å². The maximum Gasteiger partial charge on any atom is 0.191 e. The lowest BCUT2D eigenvalue weighted by Crippen LogP contribution is -2.42. The van der Waals surface area contributed by atoms with Gasteiger partial charge in [-0.05, 0) is 44.3 Å². The number of nitrogens with one attached hydrogen (secondary N) is 2. The first-order valence-corrected chi connectivity index (χ1v) is 8.44. The minimum atomic E-state index is -0.219. The Morgan fingerprint density at radius 1 is 1.27 bits per heavy atom. The normalized spacial score (nSPS) is 12.6. The Morgan fingerprint density at radius 2 is 2.00 bits per heavy atom. The van der Waals surface area contributed by atoms with Crippen LogP contribution in [0.15, 0.2) is 47.7 Å². The van der Waals surface area contributed by atoms with E-state index in [1.54, 1.807) is 13.2 Å². The first-order chi connectivity index (χ1) is 12.1. The van der Waals surface area contributed by atoms with Crippen molar-refractivity contribution in [3.63, 3.8) is 0 Å². The Bertz CT molecular complexity index is 642. The van der Waals surface area contributed by atoms with Crippen molar-refractivity contribution in [3.8, 4) is 0 Å². The predicted molar refractivity (Wildman–Crippen MR) is 114 cm³/mol. The van der Waals surface area contributed by atoms with Crippen molar-refractivity contribution in [1.29, 1.82) is 0 Å². The van der Waals surface area contributed by atoms with E-state index in [2.05, 4.69) is 25.6 Å². The number of rotatable bonds is 8. The van der Waals surface area contributed by atoms with Gasteiger partial charge < -0.3 is 15.5 Å². The summed E-state index contributed by atoms with van der Waals surface area (Å²) < 4.78 is 15.0. The molecule has 0 radical (unpaired) electrons. The molecule has 26 heavy (non-hydrogen) atoms. The zero-order valence-electron chi connectivity index (χ0n) is 15.5. The molecule has 6 nitrogen and oxygen atoms in total. The molecule has 0 aliphatic heterocycles. The van der Waals surface area contributed by atoms with Crippen LogP contribution in [-0.4, -0.2) is 54.9 Å². The quantitative estimate of drug-likeness (QED) is 0.267. The fourth-order valence-corrected chi connectivity index (χ4v) is 2.58. The molecule has 8 heteroatoms. The number of hydrogen-bond donors (Lipinski definition) is 2. The zero-order valence-corrected chi connectivity index (χ0v) is 17.9. The van der Waals surface area contributed by atoms with Crippen molar-refractivity contribution < 1.29 is 4.39 Å². The van der Waals surface area contributed by atoms with Crippen LogP contribution in [0.3, 0.4) is 0 Å². The maximum atomic E-state index is 13.1. The number of aromatic nitrogens is 2. The number of likely N-dealkylation sites (N-methyl/N-ethyl adjacent to an activating group) is 1. The molecule has 0 bridgehead atoms. The molecule has 2 N–H and O–H groups in total. The molecule has 0 amide bonds. The largest absolute Gasteiger partial charge is 0.356 e. The van der Waals surface area contributed by atoms with Gasteiger partial charge in [-0.15, -0.1) is 24.0 Å². The zero-order chi connectivity index (χ0) is 18.1. The lowest BCUT2D eigenvalue weighted by Gasteiger charge is -2.26. The van der Waals surface area contributed by atoms with Gasteiger partial charge in [-0.2, -0.15) is 5.10 Å². The van der Waals surface area contributed by atoms with Crippen LogP contribution in [0.5, 0.6) is 0 Å². The van der Waals surface area contributed by atoms with E-state index in [-0.39, 0.29) is 35.8 Å². The third-order valence-corrected chi connectivity index (χ3v) is 3.98. The van der Waals surface area contributed by atoms with Gasteiger partial charge in [0, 0.05) is 39.1 Å². The topological polar surface area (TPSA) is 57.5 Å². The molecule has 0 saturated heterocycles. The summed E-state index contributed by atoms with van der Waals surface area (Å²) in [6.45, 7) is 2.35. The second-order valence-corrected chi connectivity index (χ2v) is 6.03. The number of guanidine groups is 1. The Labute approximate surface area is 171 Å². The summed E-state index contributed by atoms with van der Waals surface area (Å²) in [6, 6.07) is 8.68. The second kappa shape index (κ2) is 11.8. The number of aryl methyl sites for hydroxylation is 1. The molecule has 0 fully saturated rings. The van der Waals surface area contributed by atoms with Gasteiger partial charge in [0.1, 0.15) is 5.82 Å². The summed E-state index contributed by atoms with van der Waals surface area (Å²) in [7, 11) is 5.78. The van der Waals surface area contributed by atoms with Crippen LogP contribution in [0.2, 0.25) is 0 Å². The molecule has 1 aromatic heterocycles. The number of halogens is 2. The van der Waals surface area contributed by atoms with Crippen molar-refractivity contribution in [2.45, 2.75) is 19.0 Å². The highest BCUT2D eigenvalue weighted by molar-refractivity contribution is 14.0. The van der Waals surface area contributed by atoms with Gasteiger partial charge in [-0.1, -0.05) is 12.1 Å². The highest BCUT2D eigenvalue weighted by Gasteiger charge is 2.14. The standard InChI is InChI=1S/C18H27FN6.HI/c1-20-18(21-10-4-12-25-13-5-11-23-25)22-14-17(24(2)3)15-6-8-16(19)9-7-15;/h5-9,11,13,17H,4,10,12,14H2,1-3H3,(H2,20,21,22);1H. The molecule has 0 aliphatic rings. The molecule has 2 aromatic rings. The number of benzene rings is 1. The van der Waals surface area contributed by atoms with Crippen LogP contribution in [0.4, 0.5) is 4.39 Å². The molecule has 1 aromatic carbocycles. The van der Waals surface area contributed by atoms with Gasteiger partial charge in [0.25, 0.3) is 0 Å². The van der Waals surface area contributed by atoms with E-state index in [1.165, 1.54) is 12.1 Å². The van der Waals surface area contributed by atoms with Gasteiger partial charge in [0.2, 0.25) is 0 Å². The van der Waals surface area contributed by atoms with Crippen molar-refractivity contribution >= 4 is 29.9 Å². The van der Waals surface area contributed by atoms with Crippen LogP contribution in [0, 0.1) is 5.82 Å². The van der Waals surface area contributed by atoms with Crippen molar-refractivity contribution in [2.75, 3.05) is 34.2 Å². The van der Waals surface area contributed by atoms with Crippen LogP contribution in [0.25, 0.3) is 0 Å². The van der Waals surface area contributed by atoms with Crippen molar-refractivity contribution in [1.82, 2.24) is 25.3 Å². The average molecular weight is 474 g/mol.